The average Bonchev–Trinajstić information content (AvgIpc) is 2.58. The van der Waals surface area contributed by atoms with E-state index in [0.717, 1.165) is 45.6 Å². The number of nitrogens with one attached hydrogen (secondary N) is 1. The summed E-state index contributed by atoms with van der Waals surface area (Å²) < 4.78 is 0. The SMILES string of the molecule is Cc1cccc(N2CCN(C(=O)C3(C)CCCCN3)CC2)c1C. The summed E-state index contributed by atoms with van der Waals surface area (Å²) in [5.74, 6) is 0.290. The maximum absolute atomic E-state index is 12.9. The summed E-state index contributed by atoms with van der Waals surface area (Å²) in [5, 5.41) is 3.45. The van der Waals surface area contributed by atoms with E-state index in [4.69, 9.17) is 0 Å². The van der Waals surface area contributed by atoms with Gasteiger partial charge in [-0.1, -0.05) is 12.1 Å². The molecular weight excluding hydrogens is 286 g/mol. The Labute approximate surface area is 139 Å². The van der Waals surface area contributed by atoms with E-state index in [1.807, 2.05) is 0 Å². The predicted octanol–water partition coefficient (Wildman–Crippen LogP) is 2.48. The summed E-state index contributed by atoms with van der Waals surface area (Å²) in [4.78, 5) is 17.4. The fourth-order valence-electron chi connectivity index (χ4n) is 3.82. The van der Waals surface area contributed by atoms with E-state index < -0.39 is 0 Å². The highest BCUT2D eigenvalue weighted by Crippen LogP contribution is 2.26. The molecule has 2 aliphatic heterocycles. The topological polar surface area (TPSA) is 35.6 Å². The number of nitrogens with zero attached hydrogens (tertiary/aromatic N) is 2. The van der Waals surface area contributed by atoms with E-state index in [-0.39, 0.29) is 11.4 Å². The Morgan fingerprint density at radius 2 is 1.87 bits per heavy atom. The number of aryl methyl sites for hydroxylation is 1. The Hall–Kier alpha value is -1.55. The van der Waals surface area contributed by atoms with Gasteiger partial charge in [0.15, 0.2) is 0 Å². The molecule has 0 bridgehead atoms. The van der Waals surface area contributed by atoms with Crippen molar-refractivity contribution in [3.63, 3.8) is 0 Å². The van der Waals surface area contributed by atoms with Crippen LogP contribution in [-0.2, 0) is 4.79 Å². The van der Waals surface area contributed by atoms with Crippen LogP contribution in [0.25, 0.3) is 0 Å². The van der Waals surface area contributed by atoms with Crippen LogP contribution in [0.2, 0.25) is 0 Å². The number of piperidine rings is 1. The van der Waals surface area contributed by atoms with Crippen LogP contribution in [0.5, 0.6) is 0 Å². The van der Waals surface area contributed by atoms with Crippen LogP contribution in [0.15, 0.2) is 18.2 Å². The summed E-state index contributed by atoms with van der Waals surface area (Å²) in [5.41, 5.74) is 3.66. The second kappa shape index (κ2) is 6.52. The number of piperazine rings is 1. The Balaban J connectivity index is 1.64. The zero-order chi connectivity index (χ0) is 16.4. The molecule has 0 aliphatic carbocycles. The highest BCUT2D eigenvalue weighted by Gasteiger charge is 2.38. The Kier molecular flexibility index (Phi) is 4.62. The minimum Gasteiger partial charge on any atom is -0.368 e. The van der Waals surface area contributed by atoms with E-state index in [1.165, 1.54) is 23.2 Å². The Morgan fingerprint density at radius 1 is 1.13 bits per heavy atom. The van der Waals surface area contributed by atoms with Gasteiger partial charge in [0.1, 0.15) is 0 Å². The number of carbonyl (C=O) groups excluding carboxylic acids is 1. The Bertz CT molecular complexity index is 570. The minimum atomic E-state index is -0.348. The average molecular weight is 315 g/mol. The molecule has 1 aromatic carbocycles. The molecule has 1 N–H and O–H groups in total. The molecule has 3 rings (SSSR count). The van der Waals surface area contributed by atoms with Crippen LogP contribution in [0.3, 0.4) is 0 Å². The molecule has 2 fully saturated rings. The number of hydrogen-bond donors (Lipinski definition) is 1. The molecular formula is C19H29N3O. The van der Waals surface area contributed by atoms with Gasteiger partial charge in [-0.2, -0.15) is 0 Å². The van der Waals surface area contributed by atoms with Crippen molar-refractivity contribution in [1.29, 1.82) is 0 Å². The minimum absolute atomic E-state index is 0.290. The molecule has 2 heterocycles. The summed E-state index contributed by atoms with van der Waals surface area (Å²) >= 11 is 0. The molecule has 126 valence electrons. The van der Waals surface area contributed by atoms with E-state index in [1.54, 1.807) is 0 Å². The van der Waals surface area contributed by atoms with Crippen molar-refractivity contribution in [2.75, 3.05) is 37.6 Å². The van der Waals surface area contributed by atoms with Crippen molar-refractivity contribution >= 4 is 11.6 Å². The second-order valence-corrected chi connectivity index (χ2v) is 7.21. The first-order valence-electron chi connectivity index (χ1n) is 8.87. The van der Waals surface area contributed by atoms with Gasteiger partial charge in [0.25, 0.3) is 0 Å². The van der Waals surface area contributed by atoms with E-state index in [9.17, 15) is 4.79 Å². The second-order valence-electron chi connectivity index (χ2n) is 7.21. The lowest BCUT2D eigenvalue weighted by atomic mass is 9.89. The molecule has 0 radical (unpaired) electrons. The van der Waals surface area contributed by atoms with Crippen molar-refractivity contribution in [2.45, 2.75) is 45.6 Å². The first-order chi connectivity index (χ1) is 11.0. The molecule has 1 aromatic rings. The molecule has 1 unspecified atom stereocenters. The van der Waals surface area contributed by atoms with Crippen molar-refractivity contribution in [1.82, 2.24) is 10.2 Å². The van der Waals surface area contributed by atoms with Gasteiger partial charge in [0.05, 0.1) is 5.54 Å². The lowest BCUT2D eigenvalue weighted by Crippen LogP contribution is -2.61. The van der Waals surface area contributed by atoms with Crippen LogP contribution in [0.1, 0.15) is 37.3 Å². The predicted molar refractivity (Wildman–Crippen MR) is 95.0 cm³/mol. The molecule has 0 aromatic heterocycles. The highest BCUT2D eigenvalue weighted by atomic mass is 16.2. The summed E-state index contributed by atoms with van der Waals surface area (Å²) in [7, 11) is 0. The van der Waals surface area contributed by atoms with E-state index in [2.05, 4.69) is 54.1 Å². The number of hydrogen-bond acceptors (Lipinski definition) is 3. The zero-order valence-corrected chi connectivity index (χ0v) is 14.7. The van der Waals surface area contributed by atoms with Crippen molar-refractivity contribution in [3.05, 3.63) is 29.3 Å². The third kappa shape index (κ3) is 3.23. The van der Waals surface area contributed by atoms with Gasteiger partial charge >= 0.3 is 0 Å². The summed E-state index contributed by atoms with van der Waals surface area (Å²) in [6, 6.07) is 6.49. The molecule has 2 aliphatic rings. The fourth-order valence-corrected chi connectivity index (χ4v) is 3.82. The largest absolute Gasteiger partial charge is 0.368 e. The smallest absolute Gasteiger partial charge is 0.242 e. The fraction of sp³-hybridized carbons (Fsp3) is 0.632. The van der Waals surface area contributed by atoms with Gasteiger partial charge in [-0.3, -0.25) is 4.79 Å². The highest BCUT2D eigenvalue weighted by molar-refractivity contribution is 5.86. The van der Waals surface area contributed by atoms with E-state index in [0.29, 0.717) is 0 Å². The van der Waals surface area contributed by atoms with Crippen LogP contribution in [0, 0.1) is 13.8 Å². The molecule has 2 saturated heterocycles. The number of benzene rings is 1. The molecule has 0 saturated carbocycles. The van der Waals surface area contributed by atoms with Gasteiger partial charge in [-0.15, -0.1) is 0 Å². The lowest BCUT2D eigenvalue weighted by Gasteiger charge is -2.42. The Morgan fingerprint density at radius 3 is 2.52 bits per heavy atom. The van der Waals surface area contributed by atoms with Gasteiger partial charge in [-0.25, -0.2) is 0 Å². The van der Waals surface area contributed by atoms with Crippen molar-refractivity contribution in [3.8, 4) is 0 Å². The standard InChI is InChI=1S/C19H29N3O/c1-15-7-6-8-17(16(15)2)21-11-13-22(14-12-21)18(23)19(3)9-4-5-10-20-19/h6-8,20H,4-5,9-14H2,1-3H3. The van der Waals surface area contributed by atoms with E-state index >= 15 is 0 Å². The third-order valence-corrected chi connectivity index (χ3v) is 5.57. The number of carbonyl (C=O) groups is 1. The molecule has 4 nitrogen and oxygen atoms in total. The maximum Gasteiger partial charge on any atom is 0.242 e. The first kappa shape index (κ1) is 16.3. The number of amides is 1. The van der Waals surface area contributed by atoms with Gasteiger partial charge in [0.2, 0.25) is 5.91 Å². The molecule has 23 heavy (non-hydrogen) atoms. The lowest BCUT2D eigenvalue weighted by molar-refractivity contribution is -0.139. The van der Waals surface area contributed by atoms with Crippen LogP contribution in [-0.4, -0.2) is 49.1 Å². The third-order valence-electron chi connectivity index (χ3n) is 5.57. The van der Waals surface area contributed by atoms with Crippen LogP contribution < -0.4 is 10.2 Å². The number of anilines is 1. The summed E-state index contributed by atoms with van der Waals surface area (Å²) in [6.07, 6.45) is 3.30. The molecule has 0 spiro atoms. The van der Waals surface area contributed by atoms with Crippen molar-refractivity contribution < 1.29 is 4.79 Å². The van der Waals surface area contributed by atoms with Crippen molar-refractivity contribution in [2.24, 2.45) is 0 Å². The molecule has 4 heteroatoms. The van der Waals surface area contributed by atoms with Gasteiger partial charge < -0.3 is 15.1 Å². The quantitative estimate of drug-likeness (QED) is 0.911. The first-order valence-corrected chi connectivity index (χ1v) is 8.87. The normalized spacial score (nSPS) is 25.5. The van der Waals surface area contributed by atoms with Gasteiger partial charge in [-0.05, 0) is 63.8 Å². The van der Waals surface area contributed by atoms with Crippen LogP contribution >= 0.6 is 0 Å². The monoisotopic (exact) mass is 315 g/mol. The number of rotatable bonds is 2. The molecule has 1 amide bonds. The van der Waals surface area contributed by atoms with Crippen LogP contribution in [0.4, 0.5) is 5.69 Å². The maximum atomic E-state index is 12.9. The zero-order valence-electron chi connectivity index (χ0n) is 14.7. The summed E-state index contributed by atoms with van der Waals surface area (Å²) in [6.45, 7) is 10.9. The molecule has 1 atom stereocenters. The van der Waals surface area contributed by atoms with Gasteiger partial charge in [0, 0.05) is 31.9 Å².